The molecule has 42 heavy (non-hydrogen) atoms. The summed E-state index contributed by atoms with van der Waals surface area (Å²) in [6.45, 7) is 15.8. The topological polar surface area (TPSA) is 42.9 Å². The molecule has 0 unspecified atom stereocenters. The molecule has 220 valence electrons. The molecule has 1 aliphatic heterocycles. The second-order valence-electron chi connectivity index (χ2n) is 10.6. The monoisotopic (exact) mass is 573 g/mol. The van der Waals surface area contributed by atoms with Crippen molar-refractivity contribution in [3.8, 4) is 0 Å². The van der Waals surface area contributed by atoms with E-state index >= 15 is 0 Å². The average Bonchev–Trinajstić information content (AvgIpc) is 2.93. The van der Waals surface area contributed by atoms with E-state index in [1.165, 1.54) is 6.07 Å². The van der Waals surface area contributed by atoms with Crippen LogP contribution in [0.3, 0.4) is 0 Å². The fourth-order valence-corrected chi connectivity index (χ4v) is 4.87. The van der Waals surface area contributed by atoms with Crippen LogP contribution in [-0.4, -0.2) is 43.5 Å². The van der Waals surface area contributed by atoms with E-state index in [4.69, 9.17) is 0 Å². The van der Waals surface area contributed by atoms with Crippen LogP contribution in [0.25, 0.3) is 5.57 Å². The van der Waals surface area contributed by atoms with Gasteiger partial charge in [-0.3, -0.25) is 4.90 Å². The molecule has 0 bridgehead atoms. The van der Waals surface area contributed by atoms with Crippen molar-refractivity contribution in [2.75, 3.05) is 41.7 Å². The molecule has 0 aromatic heterocycles. The molecule has 1 saturated heterocycles. The summed E-state index contributed by atoms with van der Waals surface area (Å²) in [5.41, 5.74) is 7.31. The van der Waals surface area contributed by atoms with Crippen LogP contribution in [0.15, 0.2) is 109 Å². The van der Waals surface area contributed by atoms with Crippen LogP contribution in [-0.2, 0) is 13.0 Å². The van der Waals surface area contributed by atoms with Crippen LogP contribution in [0.2, 0.25) is 0 Å². The number of hydrogen-bond acceptors (Lipinski definition) is 5. The first-order chi connectivity index (χ1) is 20.0. The van der Waals surface area contributed by atoms with Crippen molar-refractivity contribution < 1.29 is 13.2 Å². The minimum Gasteiger partial charge on any atom is -0.369 e. The lowest BCUT2D eigenvalue weighted by Gasteiger charge is -2.36. The number of allylic oxidation sites excluding steroid dienone is 3. The number of piperazine rings is 1. The number of halogens is 3. The lowest BCUT2D eigenvalue weighted by molar-refractivity contribution is -0.127. The quantitative estimate of drug-likeness (QED) is 0.228. The molecule has 0 aliphatic carbocycles. The number of benzene rings is 3. The van der Waals surface area contributed by atoms with Gasteiger partial charge in [-0.15, -0.1) is 0 Å². The molecule has 0 amide bonds. The Morgan fingerprint density at radius 2 is 1.55 bits per heavy atom. The van der Waals surface area contributed by atoms with Crippen molar-refractivity contribution in [2.24, 2.45) is 4.99 Å². The average molecular weight is 574 g/mol. The first-order valence-corrected chi connectivity index (χ1v) is 14.0. The highest BCUT2D eigenvalue weighted by atomic mass is 19.4. The van der Waals surface area contributed by atoms with Crippen molar-refractivity contribution in [2.45, 2.75) is 33.0 Å². The normalized spacial score (nSPS) is 14.7. The zero-order valence-electron chi connectivity index (χ0n) is 24.2. The summed E-state index contributed by atoms with van der Waals surface area (Å²) in [6.07, 6.45) is -1.39. The van der Waals surface area contributed by atoms with Crippen molar-refractivity contribution in [3.05, 3.63) is 120 Å². The summed E-state index contributed by atoms with van der Waals surface area (Å²) in [5, 5.41) is 6.47. The molecule has 2 N–H and O–H groups in total. The zero-order valence-corrected chi connectivity index (χ0v) is 24.2. The van der Waals surface area contributed by atoms with Gasteiger partial charge in [0, 0.05) is 61.7 Å². The van der Waals surface area contributed by atoms with E-state index in [9.17, 15) is 13.2 Å². The number of aliphatic imine (C=N–C) groups is 1. The van der Waals surface area contributed by atoms with Gasteiger partial charge in [0.2, 0.25) is 0 Å². The first-order valence-electron chi connectivity index (χ1n) is 14.0. The third-order valence-electron chi connectivity index (χ3n) is 6.93. The predicted molar refractivity (Wildman–Crippen MR) is 170 cm³/mol. The number of anilines is 3. The van der Waals surface area contributed by atoms with E-state index in [1.807, 2.05) is 50.3 Å². The second kappa shape index (κ2) is 14.0. The Balaban J connectivity index is 1.27. The number of hydrogen-bond donors (Lipinski definition) is 2. The van der Waals surface area contributed by atoms with Gasteiger partial charge in [0.1, 0.15) is 5.82 Å². The van der Waals surface area contributed by atoms with Crippen molar-refractivity contribution in [1.82, 2.24) is 4.90 Å². The van der Waals surface area contributed by atoms with Gasteiger partial charge in [-0.1, -0.05) is 55.6 Å². The molecule has 0 spiro atoms. The molecule has 0 radical (unpaired) electrons. The number of nitrogens with zero attached hydrogens (tertiary/aromatic N) is 3. The van der Waals surface area contributed by atoms with Gasteiger partial charge >= 0.3 is 6.18 Å². The summed E-state index contributed by atoms with van der Waals surface area (Å²) in [4.78, 5) is 9.05. The van der Waals surface area contributed by atoms with Gasteiger partial charge in [0.05, 0.1) is 6.42 Å². The molecule has 5 nitrogen and oxygen atoms in total. The minimum absolute atomic E-state index is 0.307. The van der Waals surface area contributed by atoms with Gasteiger partial charge in [0.15, 0.2) is 0 Å². The maximum Gasteiger partial charge on any atom is 0.393 e. The van der Waals surface area contributed by atoms with Gasteiger partial charge in [0.25, 0.3) is 0 Å². The van der Waals surface area contributed by atoms with E-state index in [2.05, 4.69) is 62.8 Å². The smallest absolute Gasteiger partial charge is 0.369 e. The summed E-state index contributed by atoms with van der Waals surface area (Å²) in [7, 11) is 0. The Morgan fingerprint density at radius 1 is 0.857 bits per heavy atom. The van der Waals surface area contributed by atoms with Crippen LogP contribution < -0.4 is 15.5 Å². The Hall–Kier alpha value is -4.30. The van der Waals surface area contributed by atoms with Crippen molar-refractivity contribution in [1.29, 1.82) is 0 Å². The third-order valence-corrected chi connectivity index (χ3v) is 6.93. The maximum atomic E-state index is 12.8. The van der Waals surface area contributed by atoms with Gasteiger partial charge in [-0.2, -0.15) is 13.2 Å². The minimum atomic E-state index is -4.20. The van der Waals surface area contributed by atoms with E-state index in [1.54, 1.807) is 18.3 Å². The summed E-state index contributed by atoms with van der Waals surface area (Å²) in [5.74, 6) is 0.537. The largest absolute Gasteiger partial charge is 0.393 e. The Kier molecular flexibility index (Phi) is 10.3. The predicted octanol–water partition coefficient (Wildman–Crippen LogP) is 8.12. The summed E-state index contributed by atoms with van der Waals surface area (Å²) in [6, 6.07) is 23.1. The van der Waals surface area contributed by atoms with Crippen molar-refractivity contribution in [3.63, 3.8) is 0 Å². The third kappa shape index (κ3) is 9.66. The fourth-order valence-electron chi connectivity index (χ4n) is 4.87. The fraction of sp³-hybridized carbons (Fsp3) is 0.265. The van der Waals surface area contributed by atoms with Gasteiger partial charge < -0.3 is 15.5 Å². The molecule has 1 heterocycles. The molecule has 8 heteroatoms. The molecule has 0 atom stereocenters. The van der Waals surface area contributed by atoms with E-state index < -0.39 is 12.6 Å². The van der Waals surface area contributed by atoms with Crippen LogP contribution in [0.4, 0.5) is 30.2 Å². The molecule has 1 aliphatic rings. The SMILES string of the molecule is C=C(C)Nc1ccc(/C(C)=C/C=N\C(=C)Nc2cccc(N3CCN(Cc4cccc(CC(F)(F)F)c4)CC3)c2)cc1. The van der Waals surface area contributed by atoms with Gasteiger partial charge in [-0.25, -0.2) is 4.99 Å². The molecule has 1 fully saturated rings. The van der Waals surface area contributed by atoms with Crippen molar-refractivity contribution >= 4 is 28.8 Å². The first kappa shape index (κ1) is 30.7. The Morgan fingerprint density at radius 3 is 2.24 bits per heavy atom. The molecular formula is C34H38F3N5. The maximum absolute atomic E-state index is 12.8. The zero-order chi connectivity index (χ0) is 30.1. The highest BCUT2D eigenvalue weighted by Gasteiger charge is 2.27. The molecule has 4 rings (SSSR count). The van der Waals surface area contributed by atoms with E-state index in [0.29, 0.717) is 17.9 Å². The molecule has 0 saturated carbocycles. The molecular weight excluding hydrogens is 535 g/mol. The highest BCUT2D eigenvalue weighted by molar-refractivity contribution is 5.84. The van der Waals surface area contributed by atoms with Crippen LogP contribution in [0, 0.1) is 0 Å². The Labute approximate surface area is 246 Å². The van der Waals surface area contributed by atoms with Crippen LogP contribution >= 0.6 is 0 Å². The number of alkyl halides is 3. The standard InChI is InChI=1S/C34H38F3N5/c1-25(2)39-31-13-11-30(12-14-31)26(3)15-16-38-27(4)40-32-9-6-10-33(22-32)42-19-17-41(18-20-42)24-29-8-5-7-28(21-29)23-34(35,36)37/h5-16,21-22,39-40H,1,4,17-20,23-24H2,2-3H3/b26-15+,38-16-. The van der Waals surface area contributed by atoms with Crippen LogP contribution in [0.5, 0.6) is 0 Å². The van der Waals surface area contributed by atoms with Gasteiger partial charge in [-0.05, 0) is 72.5 Å². The number of rotatable bonds is 11. The highest BCUT2D eigenvalue weighted by Crippen LogP contribution is 2.24. The van der Waals surface area contributed by atoms with E-state index in [-0.39, 0.29) is 0 Å². The lowest BCUT2D eigenvalue weighted by Crippen LogP contribution is -2.46. The molecule has 3 aromatic rings. The Bertz CT molecular complexity index is 1430. The molecule has 3 aromatic carbocycles. The van der Waals surface area contributed by atoms with Crippen LogP contribution in [0.1, 0.15) is 30.5 Å². The lowest BCUT2D eigenvalue weighted by atomic mass is 10.1. The number of nitrogens with one attached hydrogen (secondary N) is 2. The van der Waals surface area contributed by atoms with E-state index in [0.717, 1.165) is 65.6 Å². The summed E-state index contributed by atoms with van der Waals surface area (Å²) >= 11 is 0. The second-order valence-corrected chi connectivity index (χ2v) is 10.6. The summed E-state index contributed by atoms with van der Waals surface area (Å²) < 4.78 is 38.3.